The number of hydrogen-bond acceptors (Lipinski definition) is 2. The van der Waals surface area contributed by atoms with Crippen LogP contribution in [0.2, 0.25) is 5.02 Å². The van der Waals surface area contributed by atoms with Crippen molar-refractivity contribution >= 4 is 17.7 Å². The Morgan fingerprint density at radius 2 is 1.73 bits per heavy atom. The molecule has 0 radical (unpaired) electrons. The monoisotopic (exact) mass is 214 g/mol. The summed E-state index contributed by atoms with van der Waals surface area (Å²) in [6.07, 6.45) is 4.92. The van der Waals surface area contributed by atoms with E-state index >= 15 is 0 Å². The van der Waals surface area contributed by atoms with E-state index in [-0.39, 0.29) is 5.57 Å². The standard InChI is InChI=1S/C12H7ClN2/c13-12-6-4-10(5-7-12)2-1-3-11(8-14)9-15/h1-7H. The van der Waals surface area contributed by atoms with Crippen molar-refractivity contribution in [3.8, 4) is 12.1 Å². The van der Waals surface area contributed by atoms with Gasteiger partial charge in [0.1, 0.15) is 17.7 Å². The predicted molar refractivity (Wildman–Crippen MR) is 59.8 cm³/mol. The van der Waals surface area contributed by atoms with Crippen LogP contribution in [0.5, 0.6) is 0 Å². The third-order valence-electron chi connectivity index (χ3n) is 1.66. The second-order valence-electron chi connectivity index (χ2n) is 2.71. The number of nitrogens with zero attached hydrogens (tertiary/aromatic N) is 2. The van der Waals surface area contributed by atoms with Crippen molar-refractivity contribution < 1.29 is 0 Å². The van der Waals surface area contributed by atoms with E-state index in [1.165, 1.54) is 6.08 Å². The number of nitriles is 2. The average molecular weight is 215 g/mol. The number of benzene rings is 1. The van der Waals surface area contributed by atoms with Gasteiger partial charge in [-0.1, -0.05) is 35.9 Å². The first-order chi connectivity index (χ1) is 7.26. The highest BCUT2D eigenvalue weighted by molar-refractivity contribution is 6.30. The molecule has 1 aromatic rings. The van der Waals surface area contributed by atoms with Crippen molar-refractivity contribution in [2.45, 2.75) is 0 Å². The molecule has 0 saturated carbocycles. The van der Waals surface area contributed by atoms with Crippen LogP contribution in [0.25, 0.3) is 6.08 Å². The highest BCUT2D eigenvalue weighted by atomic mass is 35.5. The Morgan fingerprint density at radius 1 is 1.13 bits per heavy atom. The summed E-state index contributed by atoms with van der Waals surface area (Å²) in [5.41, 5.74) is 1.05. The second-order valence-corrected chi connectivity index (χ2v) is 3.15. The van der Waals surface area contributed by atoms with Crippen LogP contribution in [0.4, 0.5) is 0 Å². The summed E-state index contributed by atoms with van der Waals surface area (Å²) in [6, 6.07) is 10.8. The van der Waals surface area contributed by atoms with E-state index in [1.54, 1.807) is 36.4 Å². The lowest BCUT2D eigenvalue weighted by atomic mass is 10.2. The summed E-state index contributed by atoms with van der Waals surface area (Å²) in [5.74, 6) is 0. The average Bonchev–Trinajstić information content (AvgIpc) is 2.27. The molecule has 2 nitrogen and oxygen atoms in total. The minimum absolute atomic E-state index is 0.0835. The van der Waals surface area contributed by atoms with Crippen molar-refractivity contribution in [2.75, 3.05) is 0 Å². The van der Waals surface area contributed by atoms with Crippen LogP contribution in [0.15, 0.2) is 42.0 Å². The van der Waals surface area contributed by atoms with Gasteiger partial charge in [0.2, 0.25) is 0 Å². The Hall–Kier alpha value is -2.03. The topological polar surface area (TPSA) is 47.6 Å². The minimum atomic E-state index is 0.0835. The Kier molecular flexibility index (Phi) is 4.16. The molecule has 0 fully saturated rings. The van der Waals surface area contributed by atoms with Crippen molar-refractivity contribution in [1.82, 2.24) is 0 Å². The lowest BCUT2D eigenvalue weighted by Crippen LogP contribution is -1.71. The van der Waals surface area contributed by atoms with Crippen LogP contribution in [0, 0.1) is 22.7 Å². The van der Waals surface area contributed by atoms with Gasteiger partial charge in [-0.2, -0.15) is 10.5 Å². The van der Waals surface area contributed by atoms with Crippen LogP contribution in [0.1, 0.15) is 5.56 Å². The van der Waals surface area contributed by atoms with Crippen LogP contribution in [0.3, 0.4) is 0 Å². The fourth-order valence-corrected chi connectivity index (χ4v) is 1.05. The van der Waals surface area contributed by atoms with Gasteiger partial charge in [0.05, 0.1) is 0 Å². The van der Waals surface area contributed by atoms with Gasteiger partial charge in [0, 0.05) is 5.02 Å². The van der Waals surface area contributed by atoms with Crippen molar-refractivity contribution in [3.63, 3.8) is 0 Å². The summed E-state index contributed by atoms with van der Waals surface area (Å²) in [5, 5.41) is 17.6. The Labute approximate surface area is 93.3 Å². The highest BCUT2D eigenvalue weighted by Crippen LogP contribution is 2.10. The number of rotatable bonds is 2. The van der Waals surface area contributed by atoms with E-state index in [1.807, 2.05) is 12.1 Å². The van der Waals surface area contributed by atoms with E-state index in [0.717, 1.165) is 5.56 Å². The second kappa shape index (κ2) is 5.65. The Bertz CT molecular complexity index is 454. The van der Waals surface area contributed by atoms with E-state index in [4.69, 9.17) is 22.1 Å². The maximum atomic E-state index is 8.47. The van der Waals surface area contributed by atoms with Gasteiger partial charge in [-0.15, -0.1) is 0 Å². The Balaban J connectivity index is 2.76. The van der Waals surface area contributed by atoms with Gasteiger partial charge in [-0.25, -0.2) is 0 Å². The van der Waals surface area contributed by atoms with Crippen LogP contribution in [-0.2, 0) is 0 Å². The van der Waals surface area contributed by atoms with Gasteiger partial charge in [0.25, 0.3) is 0 Å². The molecule has 0 aliphatic rings. The van der Waals surface area contributed by atoms with Gasteiger partial charge in [-0.3, -0.25) is 0 Å². The largest absolute Gasteiger partial charge is 0.192 e. The van der Waals surface area contributed by atoms with Crippen LogP contribution < -0.4 is 0 Å². The number of allylic oxidation sites excluding steroid dienone is 3. The molecule has 0 unspecified atom stereocenters. The van der Waals surface area contributed by atoms with Crippen molar-refractivity contribution in [3.05, 3.63) is 52.6 Å². The summed E-state index contributed by atoms with van der Waals surface area (Å²) in [4.78, 5) is 0. The molecule has 1 rings (SSSR count). The molecule has 72 valence electrons. The maximum absolute atomic E-state index is 8.47. The minimum Gasteiger partial charge on any atom is -0.192 e. The van der Waals surface area contributed by atoms with Crippen LogP contribution in [-0.4, -0.2) is 0 Å². The SMILES string of the molecule is N#CC(C#N)=CC=Cc1ccc(Cl)cc1. The quantitative estimate of drug-likeness (QED) is 0.560. The van der Waals surface area contributed by atoms with Gasteiger partial charge in [0.15, 0.2) is 0 Å². The molecule has 0 heterocycles. The van der Waals surface area contributed by atoms with E-state index < -0.39 is 0 Å². The predicted octanol–water partition coefficient (Wildman–Crippen LogP) is 3.33. The van der Waals surface area contributed by atoms with Gasteiger partial charge >= 0.3 is 0 Å². The highest BCUT2D eigenvalue weighted by Gasteiger charge is 1.88. The first-order valence-corrected chi connectivity index (χ1v) is 4.58. The summed E-state index contributed by atoms with van der Waals surface area (Å²) >= 11 is 5.72. The molecule has 0 spiro atoms. The van der Waals surface area contributed by atoms with Crippen molar-refractivity contribution in [1.29, 1.82) is 10.5 Å². The van der Waals surface area contributed by atoms with E-state index in [0.29, 0.717) is 5.02 Å². The molecule has 0 aliphatic heterocycles. The van der Waals surface area contributed by atoms with E-state index in [9.17, 15) is 0 Å². The molecule has 0 N–H and O–H groups in total. The lowest BCUT2D eigenvalue weighted by Gasteiger charge is -1.91. The molecule has 1 aromatic carbocycles. The van der Waals surface area contributed by atoms with Crippen molar-refractivity contribution in [2.24, 2.45) is 0 Å². The van der Waals surface area contributed by atoms with E-state index in [2.05, 4.69) is 0 Å². The zero-order chi connectivity index (χ0) is 11.1. The van der Waals surface area contributed by atoms with Gasteiger partial charge in [-0.05, 0) is 23.8 Å². The Morgan fingerprint density at radius 3 is 2.27 bits per heavy atom. The molecule has 3 heteroatoms. The molecule has 0 aromatic heterocycles. The zero-order valence-corrected chi connectivity index (χ0v) is 8.57. The zero-order valence-electron chi connectivity index (χ0n) is 7.81. The molecular weight excluding hydrogens is 208 g/mol. The molecule has 0 bridgehead atoms. The normalized spacial score (nSPS) is 9.27. The van der Waals surface area contributed by atoms with Crippen LogP contribution >= 0.6 is 11.6 Å². The maximum Gasteiger partial charge on any atom is 0.129 e. The molecule has 0 atom stereocenters. The fraction of sp³-hybridized carbons (Fsp3) is 0. The summed E-state index contributed by atoms with van der Waals surface area (Å²) in [7, 11) is 0. The summed E-state index contributed by atoms with van der Waals surface area (Å²) < 4.78 is 0. The smallest absolute Gasteiger partial charge is 0.129 e. The lowest BCUT2D eigenvalue weighted by molar-refractivity contribution is 1.46. The summed E-state index contributed by atoms with van der Waals surface area (Å²) in [6.45, 7) is 0. The number of halogens is 1. The molecule has 0 amide bonds. The molecule has 0 aliphatic carbocycles. The number of hydrogen-bond donors (Lipinski definition) is 0. The first-order valence-electron chi connectivity index (χ1n) is 4.20. The van der Waals surface area contributed by atoms with Gasteiger partial charge < -0.3 is 0 Å². The molecular formula is C12H7ClN2. The third-order valence-corrected chi connectivity index (χ3v) is 1.91. The third kappa shape index (κ3) is 3.68. The molecule has 15 heavy (non-hydrogen) atoms. The first kappa shape index (κ1) is 11.0. The molecule has 0 saturated heterocycles. The fourth-order valence-electron chi connectivity index (χ4n) is 0.929.